The monoisotopic (exact) mass is 435 g/mol. The maximum Gasteiger partial charge on any atom is 0.339 e. The zero-order valence-corrected chi connectivity index (χ0v) is 17.4. The van der Waals surface area contributed by atoms with E-state index in [0.29, 0.717) is 17.2 Å². The molecule has 2 heterocycles. The van der Waals surface area contributed by atoms with Gasteiger partial charge in [0.25, 0.3) is 0 Å². The van der Waals surface area contributed by atoms with Gasteiger partial charge in [-0.2, -0.15) is 0 Å². The second kappa shape index (κ2) is 8.26. The summed E-state index contributed by atoms with van der Waals surface area (Å²) in [7, 11) is 0. The fourth-order valence-electron chi connectivity index (χ4n) is 2.53. The summed E-state index contributed by atoms with van der Waals surface area (Å²) in [6, 6.07) is 1.84. The number of aromatic hydroxyl groups is 1. The lowest BCUT2D eigenvalue weighted by Gasteiger charge is -2.04. The van der Waals surface area contributed by atoms with Crippen molar-refractivity contribution in [1.82, 2.24) is 15.3 Å². The molecule has 3 rings (SSSR count). The van der Waals surface area contributed by atoms with Crippen LogP contribution in [0.5, 0.6) is 5.75 Å². The number of hydrogen-bond acceptors (Lipinski definition) is 7. The van der Waals surface area contributed by atoms with Crippen LogP contribution in [-0.2, 0) is 11.3 Å². The highest BCUT2D eigenvalue weighted by atomic mass is 32.1. The number of carboxylic acids is 1. The molecule has 0 aliphatic carbocycles. The summed E-state index contributed by atoms with van der Waals surface area (Å²) in [5.41, 5.74) is 0.859. The van der Waals surface area contributed by atoms with Crippen LogP contribution >= 0.6 is 22.7 Å². The van der Waals surface area contributed by atoms with Gasteiger partial charge in [0.05, 0.1) is 22.8 Å². The molecule has 0 unspecified atom stereocenters. The van der Waals surface area contributed by atoms with Crippen LogP contribution in [0.25, 0.3) is 21.1 Å². The molecule has 0 atom stereocenters. The average molecular weight is 436 g/mol. The van der Waals surface area contributed by atoms with Gasteiger partial charge in [-0.3, -0.25) is 4.79 Å². The Kier molecular flexibility index (Phi) is 5.94. The summed E-state index contributed by atoms with van der Waals surface area (Å²) in [4.78, 5) is 32.4. The number of aryl methyl sites for hydroxylation is 1. The first kappa shape index (κ1) is 20.9. The quantitative estimate of drug-likeness (QED) is 0.538. The molecule has 0 aliphatic rings. The Morgan fingerprint density at radius 1 is 1.28 bits per heavy atom. The molecule has 1 amide bonds. The van der Waals surface area contributed by atoms with Crippen LogP contribution in [0.3, 0.4) is 0 Å². The van der Waals surface area contributed by atoms with Gasteiger partial charge in [0.2, 0.25) is 5.91 Å². The van der Waals surface area contributed by atoms with Gasteiger partial charge >= 0.3 is 5.97 Å². The van der Waals surface area contributed by atoms with Crippen molar-refractivity contribution < 1.29 is 24.2 Å². The van der Waals surface area contributed by atoms with Gasteiger partial charge in [-0.05, 0) is 19.1 Å². The number of nitrogens with one attached hydrogen (secondary N) is 1. The molecule has 0 saturated heterocycles. The Morgan fingerprint density at radius 2 is 2.00 bits per heavy atom. The van der Waals surface area contributed by atoms with Crippen LogP contribution in [-0.4, -0.2) is 32.1 Å². The molecular formula is C19H18FN3O4S2. The fraction of sp³-hybridized carbons (Fsp3) is 0.263. The first-order chi connectivity index (χ1) is 13.7. The number of amides is 1. The van der Waals surface area contributed by atoms with Crippen molar-refractivity contribution in [3.8, 4) is 26.9 Å². The minimum atomic E-state index is -1.41. The van der Waals surface area contributed by atoms with E-state index in [0.717, 1.165) is 27.7 Å². The first-order valence-electron chi connectivity index (χ1n) is 8.63. The third-order valence-electron chi connectivity index (χ3n) is 4.06. The molecule has 0 aliphatic heterocycles. The highest BCUT2D eigenvalue weighted by Gasteiger charge is 2.19. The second-order valence-corrected chi connectivity index (χ2v) is 8.53. The molecule has 29 heavy (non-hydrogen) atoms. The van der Waals surface area contributed by atoms with Crippen LogP contribution in [0.1, 0.15) is 34.9 Å². The van der Waals surface area contributed by atoms with Crippen molar-refractivity contribution in [2.45, 2.75) is 27.3 Å². The molecule has 2 aromatic heterocycles. The third kappa shape index (κ3) is 4.43. The van der Waals surface area contributed by atoms with Crippen molar-refractivity contribution in [3.05, 3.63) is 39.6 Å². The zero-order valence-electron chi connectivity index (χ0n) is 15.8. The Balaban J connectivity index is 1.86. The predicted octanol–water partition coefficient (Wildman–Crippen LogP) is 4.06. The van der Waals surface area contributed by atoms with Gasteiger partial charge in [0, 0.05) is 16.9 Å². The fourth-order valence-corrected chi connectivity index (χ4v) is 4.40. The number of rotatable bonds is 6. The van der Waals surface area contributed by atoms with Gasteiger partial charge < -0.3 is 15.5 Å². The molecule has 10 heteroatoms. The standard InChI is InChI=1S/C19H18FN3O4S2/c1-8(2)17(25)21-6-15-22-9(3)16(29-15)13-7-28-18(23-13)10-5-14(24)11(19(26)27)4-12(10)20/h4-5,7-8,24H,6H2,1-3H3,(H,21,25)(H,26,27). The number of hydrogen-bond donors (Lipinski definition) is 3. The smallest absolute Gasteiger partial charge is 0.339 e. The molecule has 0 radical (unpaired) electrons. The van der Waals surface area contributed by atoms with Gasteiger partial charge in [0.1, 0.15) is 27.1 Å². The summed E-state index contributed by atoms with van der Waals surface area (Å²) in [5.74, 6) is -2.89. The van der Waals surface area contributed by atoms with E-state index in [4.69, 9.17) is 5.11 Å². The van der Waals surface area contributed by atoms with Crippen LogP contribution < -0.4 is 5.32 Å². The predicted molar refractivity (Wildman–Crippen MR) is 109 cm³/mol. The highest BCUT2D eigenvalue weighted by Crippen LogP contribution is 2.36. The number of carboxylic acid groups (broad SMARTS) is 1. The van der Waals surface area contributed by atoms with E-state index < -0.39 is 23.1 Å². The zero-order chi connectivity index (χ0) is 21.3. The van der Waals surface area contributed by atoms with Crippen LogP contribution in [0.15, 0.2) is 17.5 Å². The Labute approximate surface area is 173 Å². The van der Waals surface area contributed by atoms with Crippen LogP contribution in [0, 0.1) is 18.7 Å². The van der Waals surface area contributed by atoms with Crippen molar-refractivity contribution >= 4 is 34.6 Å². The van der Waals surface area contributed by atoms with Gasteiger partial charge in [-0.1, -0.05) is 13.8 Å². The maximum absolute atomic E-state index is 14.4. The van der Waals surface area contributed by atoms with Crippen LogP contribution in [0.4, 0.5) is 4.39 Å². The summed E-state index contributed by atoms with van der Waals surface area (Å²) < 4.78 is 14.4. The second-order valence-electron chi connectivity index (χ2n) is 6.59. The molecule has 7 nitrogen and oxygen atoms in total. The highest BCUT2D eigenvalue weighted by molar-refractivity contribution is 7.16. The Morgan fingerprint density at radius 3 is 2.66 bits per heavy atom. The first-order valence-corrected chi connectivity index (χ1v) is 10.3. The molecule has 0 saturated carbocycles. The van der Waals surface area contributed by atoms with Crippen LogP contribution in [0.2, 0.25) is 0 Å². The normalized spacial score (nSPS) is 11.1. The molecule has 0 spiro atoms. The summed E-state index contributed by atoms with van der Waals surface area (Å²) in [6.07, 6.45) is 0. The molecular weight excluding hydrogens is 417 g/mol. The van der Waals surface area contributed by atoms with E-state index in [9.17, 15) is 19.1 Å². The molecule has 0 bridgehead atoms. The Bertz CT molecular complexity index is 1090. The summed E-state index contributed by atoms with van der Waals surface area (Å²) in [6.45, 7) is 5.76. The van der Waals surface area contributed by atoms with E-state index >= 15 is 0 Å². The molecule has 1 aromatic carbocycles. The third-order valence-corrected chi connectivity index (χ3v) is 6.12. The topological polar surface area (TPSA) is 112 Å². The minimum absolute atomic E-state index is 0.0235. The molecule has 152 valence electrons. The van der Waals surface area contributed by atoms with Crippen molar-refractivity contribution in [2.24, 2.45) is 5.92 Å². The number of nitrogens with zero attached hydrogens (tertiary/aromatic N) is 2. The number of thiazole rings is 2. The maximum atomic E-state index is 14.4. The van der Waals surface area contributed by atoms with Gasteiger partial charge in [-0.15, -0.1) is 22.7 Å². The van der Waals surface area contributed by atoms with E-state index in [-0.39, 0.29) is 17.4 Å². The lowest BCUT2D eigenvalue weighted by molar-refractivity contribution is -0.124. The average Bonchev–Trinajstić information content (AvgIpc) is 3.27. The van der Waals surface area contributed by atoms with E-state index in [1.54, 1.807) is 5.38 Å². The lowest BCUT2D eigenvalue weighted by atomic mass is 10.1. The van der Waals surface area contributed by atoms with Gasteiger partial charge in [-0.25, -0.2) is 19.2 Å². The SMILES string of the molecule is Cc1nc(CNC(=O)C(C)C)sc1-c1csc(-c2cc(O)c(C(=O)O)cc2F)n1. The largest absolute Gasteiger partial charge is 0.507 e. The minimum Gasteiger partial charge on any atom is -0.507 e. The van der Waals surface area contributed by atoms with E-state index in [1.807, 2.05) is 20.8 Å². The van der Waals surface area contributed by atoms with Crippen molar-refractivity contribution in [2.75, 3.05) is 0 Å². The number of phenols is 1. The lowest BCUT2D eigenvalue weighted by Crippen LogP contribution is -2.26. The number of halogens is 1. The summed E-state index contributed by atoms with van der Waals surface area (Å²) >= 11 is 2.56. The van der Waals surface area contributed by atoms with Crippen molar-refractivity contribution in [3.63, 3.8) is 0 Å². The Hall–Kier alpha value is -2.85. The number of carbonyl (C=O) groups is 2. The number of benzene rings is 1. The summed E-state index contributed by atoms with van der Waals surface area (Å²) in [5, 5.41) is 24.4. The molecule has 0 fully saturated rings. The van der Waals surface area contributed by atoms with E-state index in [2.05, 4.69) is 15.3 Å². The van der Waals surface area contributed by atoms with Crippen molar-refractivity contribution in [1.29, 1.82) is 0 Å². The molecule has 3 aromatic rings. The molecule has 3 N–H and O–H groups in total. The van der Waals surface area contributed by atoms with Gasteiger partial charge in [0.15, 0.2) is 0 Å². The van der Waals surface area contributed by atoms with E-state index in [1.165, 1.54) is 22.7 Å². The number of carbonyl (C=O) groups excluding carboxylic acids is 1. The number of aromatic carboxylic acids is 1. The number of aromatic nitrogens is 2.